The fourth-order valence-corrected chi connectivity index (χ4v) is 2.41. The van der Waals surface area contributed by atoms with Gasteiger partial charge < -0.3 is 4.74 Å². The van der Waals surface area contributed by atoms with Crippen LogP contribution in [0.4, 0.5) is 26.3 Å². The van der Waals surface area contributed by atoms with Crippen LogP contribution in [0.15, 0.2) is 53.4 Å². The first kappa shape index (κ1) is 18.2. The Morgan fingerprint density at radius 1 is 0.833 bits per heavy atom. The fourth-order valence-electron chi connectivity index (χ4n) is 1.67. The number of carbonyl (C=O) groups excluding carboxylic acids is 1. The minimum Gasteiger partial charge on any atom is -0.406 e. The molecule has 24 heavy (non-hydrogen) atoms. The standard InChI is InChI=1S/C15H8F6O2S/c16-14(17,18)10-3-1-9(2-4-10)13(22)24-12-7-5-11(6-8-12)23-15(19,20)21/h1-8H. The van der Waals surface area contributed by atoms with Crippen LogP contribution in [-0.4, -0.2) is 11.5 Å². The second-order valence-electron chi connectivity index (χ2n) is 4.48. The highest BCUT2D eigenvalue weighted by Crippen LogP contribution is 2.31. The first-order valence-corrected chi connectivity index (χ1v) is 7.11. The third-order valence-electron chi connectivity index (χ3n) is 2.72. The summed E-state index contributed by atoms with van der Waals surface area (Å²) in [5.74, 6) is -0.436. The van der Waals surface area contributed by atoms with Gasteiger partial charge in [-0.1, -0.05) is 0 Å². The van der Waals surface area contributed by atoms with Gasteiger partial charge in [-0.15, -0.1) is 13.2 Å². The van der Waals surface area contributed by atoms with E-state index in [0.717, 1.165) is 36.4 Å². The van der Waals surface area contributed by atoms with E-state index in [0.29, 0.717) is 16.7 Å². The highest BCUT2D eigenvalue weighted by Gasteiger charge is 2.31. The monoisotopic (exact) mass is 366 g/mol. The van der Waals surface area contributed by atoms with Gasteiger partial charge in [0.25, 0.3) is 0 Å². The number of rotatable bonds is 3. The zero-order valence-corrected chi connectivity index (χ0v) is 12.4. The van der Waals surface area contributed by atoms with E-state index in [1.165, 1.54) is 12.1 Å². The van der Waals surface area contributed by atoms with Crippen molar-refractivity contribution in [3.63, 3.8) is 0 Å². The average Bonchev–Trinajstić information content (AvgIpc) is 2.47. The van der Waals surface area contributed by atoms with Crippen molar-refractivity contribution < 1.29 is 35.9 Å². The number of alkyl halides is 6. The molecule has 0 aliphatic rings. The third-order valence-corrected chi connectivity index (χ3v) is 3.64. The van der Waals surface area contributed by atoms with Gasteiger partial charge in [-0.05, 0) is 60.3 Å². The molecule has 0 atom stereocenters. The fraction of sp³-hybridized carbons (Fsp3) is 0.133. The van der Waals surface area contributed by atoms with Crippen LogP contribution in [0.1, 0.15) is 15.9 Å². The Hall–Kier alpha value is -2.16. The van der Waals surface area contributed by atoms with E-state index in [9.17, 15) is 31.1 Å². The van der Waals surface area contributed by atoms with Crippen molar-refractivity contribution in [2.24, 2.45) is 0 Å². The molecule has 0 saturated carbocycles. The number of ether oxygens (including phenoxy) is 1. The van der Waals surface area contributed by atoms with E-state index in [1.54, 1.807) is 0 Å². The Labute approximate surface area is 136 Å². The van der Waals surface area contributed by atoms with Crippen molar-refractivity contribution in [2.75, 3.05) is 0 Å². The number of hydrogen-bond donors (Lipinski definition) is 0. The van der Waals surface area contributed by atoms with Crippen LogP contribution in [0, 0.1) is 0 Å². The molecule has 0 aromatic heterocycles. The van der Waals surface area contributed by atoms with E-state index in [-0.39, 0.29) is 5.56 Å². The third kappa shape index (κ3) is 5.19. The maximum Gasteiger partial charge on any atom is 0.573 e. The molecule has 0 bridgehead atoms. The van der Waals surface area contributed by atoms with E-state index >= 15 is 0 Å². The number of thioether (sulfide) groups is 1. The lowest BCUT2D eigenvalue weighted by molar-refractivity contribution is -0.274. The molecule has 0 unspecified atom stereocenters. The number of hydrogen-bond acceptors (Lipinski definition) is 3. The first-order chi connectivity index (χ1) is 11.0. The van der Waals surface area contributed by atoms with Gasteiger partial charge in [0.1, 0.15) is 5.75 Å². The largest absolute Gasteiger partial charge is 0.573 e. The van der Waals surface area contributed by atoms with Crippen molar-refractivity contribution in [3.8, 4) is 5.75 Å². The van der Waals surface area contributed by atoms with Crippen molar-refractivity contribution in [3.05, 3.63) is 59.7 Å². The molecule has 128 valence electrons. The van der Waals surface area contributed by atoms with Crippen molar-refractivity contribution in [2.45, 2.75) is 17.4 Å². The molecule has 2 nitrogen and oxygen atoms in total. The van der Waals surface area contributed by atoms with E-state index in [1.807, 2.05) is 0 Å². The zero-order chi connectivity index (χ0) is 18.0. The SMILES string of the molecule is O=C(Sc1ccc(OC(F)(F)F)cc1)c1ccc(C(F)(F)F)cc1. The zero-order valence-electron chi connectivity index (χ0n) is 11.6. The molecule has 0 spiro atoms. The summed E-state index contributed by atoms with van der Waals surface area (Å²) in [5.41, 5.74) is -0.832. The van der Waals surface area contributed by atoms with Crippen LogP contribution in [-0.2, 0) is 6.18 Å². The molecule has 0 fully saturated rings. The summed E-state index contributed by atoms with van der Waals surface area (Å²) in [4.78, 5) is 12.3. The summed E-state index contributed by atoms with van der Waals surface area (Å²) < 4.78 is 77.1. The molecule has 0 radical (unpaired) electrons. The van der Waals surface area contributed by atoms with Gasteiger partial charge in [-0.3, -0.25) is 4.79 Å². The molecule has 0 aliphatic carbocycles. The molecular weight excluding hydrogens is 358 g/mol. The predicted molar refractivity (Wildman–Crippen MR) is 74.8 cm³/mol. The molecule has 2 aromatic rings. The second kappa shape index (κ2) is 6.76. The summed E-state index contributed by atoms with van der Waals surface area (Å²) in [6.45, 7) is 0. The van der Waals surface area contributed by atoms with Gasteiger partial charge in [0, 0.05) is 10.5 Å². The topological polar surface area (TPSA) is 26.3 Å². The van der Waals surface area contributed by atoms with Crippen LogP contribution >= 0.6 is 11.8 Å². The summed E-state index contributed by atoms with van der Waals surface area (Å²) in [5, 5.41) is -0.534. The highest BCUT2D eigenvalue weighted by molar-refractivity contribution is 8.14. The summed E-state index contributed by atoms with van der Waals surface area (Å²) in [6, 6.07) is 8.22. The smallest absolute Gasteiger partial charge is 0.406 e. The molecule has 0 saturated heterocycles. The van der Waals surface area contributed by atoms with Crippen LogP contribution < -0.4 is 4.74 Å². The minimum atomic E-state index is -4.81. The minimum absolute atomic E-state index is 0.0450. The molecule has 9 heteroatoms. The normalized spacial score (nSPS) is 12.1. The molecule has 0 amide bonds. The number of carbonyl (C=O) groups is 1. The van der Waals surface area contributed by atoms with E-state index in [2.05, 4.69) is 4.74 Å². The van der Waals surface area contributed by atoms with Crippen molar-refractivity contribution in [1.82, 2.24) is 0 Å². The lowest BCUT2D eigenvalue weighted by atomic mass is 10.1. The molecular formula is C15H8F6O2S. The lowest BCUT2D eigenvalue weighted by Crippen LogP contribution is -2.16. The van der Waals surface area contributed by atoms with Crippen LogP contribution in [0.3, 0.4) is 0 Å². The van der Waals surface area contributed by atoms with Crippen LogP contribution in [0.2, 0.25) is 0 Å². The Bertz CT molecular complexity index is 705. The Morgan fingerprint density at radius 3 is 1.83 bits per heavy atom. The highest BCUT2D eigenvalue weighted by atomic mass is 32.2. The summed E-state index contributed by atoms with van der Waals surface area (Å²) in [6.07, 6.45) is -9.31. The molecule has 0 aliphatic heterocycles. The van der Waals surface area contributed by atoms with Gasteiger partial charge in [0.05, 0.1) is 5.56 Å². The maximum absolute atomic E-state index is 12.4. The summed E-state index contributed by atoms with van der Waals surface area (Å²) in [7, 11) is 0. The maximum atomic E-state index is 12.4. The lowest BCUT2D eigenvalue weighted by Gasteiger charge is -2.09. The molecule has 0 heterocycles. The van der Waals surface area contributed by atoms with E-state index < -0.39 is 29.0 Å². The van der Waals surface area contributed by atoms with Gasteiger partial charge in [-0.25, -0.2) is 0 Å². The quantitative estimate of drug-likeness (QED) is 0.527. The first-order valence-electron chi connectivity index (χ1n) is 6.30. The van der Waals surface area contributed by atoms with Gasteiger partial charge in [-0.2, -0.15) is 13.2 Å². The van der Waals surface area contributed by atoms with Crippen molar-refractivity contribution in [1.29, 1.82) is 0 Å². The molecule has 0 N–H and O–H groups in total. The number of benzene rings is 2. The van der Waals surface area contributed by atoms with Crippen LogP contribution in [0.5, 0.6) is 5.75 Å². The Balaban J connectivity index is 2.04. The Kier molecular flexibility index (Phi) is 5.12. The average molecular weight is 366 g/mol. The molecule has 2 rings (SSSR count). The second-order valence-corrected chi connectivity index (χ2v) is 5.53. The van der Waals surface area contributed by atoms with Crippen molar-refractivity contribution >= 4 is 16.9 Å². The Morgan fingerprint density at radius 2 is 1.38 bits per heavy atom. The van der Waals surface area contributed by atoms with Gasteiger partial charge in [0.15, 0.2) is 0 Å². The van der Waals surface area contributed by atoms with Crippen LogP contribution in [0.25, 0.3) is 0 Å². The van der Waals surface area contributed by atoms with Gasteiger partial charge in [0.2, 0.25) is 5.12 Å². The van der Waals surface area contributed by atoms with E-state index in [4.69, 9.17) is 0 Å². The predicted octanol–water partition coefficient (Wildman–Crippen LogP) is 5.54. The summed E-state index contributed by atoms with van der Waals surface area (Å²) >= 11 is 0.680. The number of halogens is 6. The van der Waals surface area contributed by atoms with Gasteiger partial charge >= 0.3 is 12.5 Å². The molecule has 2 aromatic carbocycles.